The summed E-state index contributed by atoms with van der Waals surface area (Å²) in [6.45, 7) is 1.06. The van der Waals surface area contributed by atoms with Crippen LogP contribution in [-0.2, 0) is 4.79 Å². The zero-order valence-corrected chi connectivity index (χ0v) is 11.3. The van der Waals surface area contributed by atoms with Gasteiger partial charge in [0.15, 0.2) is 11.6 Å². The fraction of sp³-hybridized carbons (Fsp3) is 0.364. The molecule has 3 nitrogen and oxygen atoms in total. The van der Waals surface area contributed by atoms with Crippen LogP contribution in [0.4, 0.5) is 8.78 Å². The molecule has 0 fully saturated rings. The molecule has 102 valence electrons. The van der Waals surface area contributed by atoms with Gasteiger partial charge in [-0.25, -0.2) is 8.78 Å². The van der Waals surface area contributed by atoms with Gasteiger partial charge in [-0.15, -0.1) is 24.2 Å². The molecule has 1 amide bonds. The van der Waals surface area contributed by atoms with Crippen molar-refractivity contribution in [2.45, 2.75) is 11.3 Å². The highest BCUT2D eigenvalue weighted by Gasteiger charge is 2.05. The lowest BCUT2D eigenvalue weighted by Crippen LogP contribution is -2.27. The van der Waals surface area contributed by atoms with E-state index in [1.165, 1.54) is 6.07 Å². The van der Waals surface area contributed by atoms with Gasteiger partial charge in [-0.3, -0.25) is 4.79 Å². The SMILES string of the molecule is Cl.NCCCNC(=O)CSc1ccc(F)c(F)c1. The number of carbonyl (C=O) groups excluding carboxylic acids is 1. The van der Waals surface area contributed by atoms with Gasteiger partial charge < -0.3 is 11.1 Å². The molecule has 0 aliphatic carbocycles. The van der Waals surface area contributed by atoms with E-state index >= 15 is 0 Å². The van der Waals surface area contributed by atoms with Crippen molar-refractivity contribution in [2.75, 3.05) is 18.8 Å². The second-order valence-corrected chi connectivity index (χ2v) is 4.41. The zero-order chi connectivity index (χ0) is 12.7. The van der Waals surface area contributed by atoms with E-state index in [0.29, 0.717) is 18.0 Å². The number of nitrogens with one attached hydrogen (secondary N) is 1. The molecule has 1 rings (SSSR count). The Kier molecular flexibility index (Phi) is 8.70. The summed E-state index contributed by atoms with van der Waals surface area (Å²) in [5, 5.41) is 2.67. The number of hydrogen-bond acceptors (Lipinski definition) is 3. The Hall–Kier alpha value is -0.850. The summed E-state index contributed by atoms with van der Waals surface area (Å²) in [4.78, 5) is 11.8. The Bertz CT molecular complexity index is 393. The first kappa shape index (κ1) is 17.2. The van der Waals surface area contributed by atoms with E-state index in [2.05, 4.69) is 5.32 Å². The quantitative estimate of drug-likeness (QED) is 0.623. The summed E-state index contributed by atoms with van der Waals surface area (Å²) < 4.78 is 25.5. The number of rotatable bonds is 6. The molecule has 0 unspecified atom stereocenters. The highest BCUT2D eigenvalue weighted by molar-refractivity contribution is 8.00. The predicted molar refractivity (Wildman–Crippen MR) is 71.0 cm³/mol. The van der Waals surface area contributed by atoms with Gasteiger partial charge in [0.2, 0.25) is 5.91 Å². The molecular formula is C11H15ClF2N2OS. The van der Waals surface area contributed by atoms with Gasteiger partial charge in [0.25, 0.3) is 0 Å². The first-order chi connectivity index (χ1) is 8.13. The van der Waals surface area contributed by atoms with Crippen LogP contribution in [-0.4, -0.2) is 24.7 Å². The molecule has 0 atom stereocenters. The van der Waals surface area contributed by atoms with Crippen LogP contribution < -0.4 is 11.1 Å². The molecule has 1 aromatic rings. The maximum Gasteiger partial charge on any atom is 0.230 e. The third-order valence-corrected chi connectivity index (χ3v) is 2.96. The minimum Gasteiger partial charge on any atom is -0.355 e. The highest BCUT2D eigenvalue weighted by Crippen LogP contribution is 2.19. The van der Waals surface area contributed by atoms with Crippen molar-refractivity contribution >= 4 is 30.1 Å². The lowest BCUT2D eigenvalue weighted by Gasteiger charge is -2.04. The normalized spacial score (nSPS) is 9.72. The van der Waals surface area contributed by atoms with Crippen LogP contribution in [0.1, 0.15) is 6.42 Å². The van der Waals surface area contributed by atoms with E-state index in [1.807, 2.05) is 0 Å². The molecule has 0 heterocycles. The van der Waals surface area contributed by atoms with Gasteiger partial charge in [-0.2, -0.15) is 0 Å². The van der Waals surface area contributed by atoms with Crippen LogP contribution in [0, 0.1) is 11.6 Å². The first-order valence-electron chi connectivity index (χ1n) is 5.18. The van der Waals surface area contributed by atoms with Crippen LogP contribution in [0.2, 0.25) is 0 Å². The topological polar surface area (TPSA) is 55.1 Å². The maximum absolute atomic E-state index is 12.8. The van der Waals surface area contributed by atoms with Gasteiger partial charge in [0, 0.05) is 11.4 Å². The maximum atomic E-state index is 12.8. The average Bonchev–Trinajstić information content (AvgIpc) is 2.31. The second-order valence-electron chi connectivity index (χ2n) is 3.36. The highest BCUT2D eigenvalue weighted by atomic mass is 35.5. The summed E-state index contributed by atoms with van der Waals surface area (Å²) in [5.41, 5.74) is 5.28. The summed E-state index contributed by atoms with van der Waals surface area (Å²) in [5.74, 6) is -1.76. The molecular weight excluding hydrogens is 282 g/mol. The summed E-state index contributed by atoms with van der Waals surface area (Å²) >= 11 is 1.16. The van der Waals surface area contributed by atoms with Crippen molar-refractivity contribution in [2.24, 2.45) is 5.73 Å². The Morgan fingerprint density at radius 3 is 2.67 bits per heavy atom. The van der Waals surface area contributed by atoms with Crippen molar-refractivity contribution in [3.63, 3.8) is 0 Å². The lowest BCUT2D eigenvalue weighted by molar-refractivity contribution is -0.118. The number of benzene rings is 1. The smallest absolute Gasteiger partial charge is 0.230 e. The van der Waals surface area contributed by atoms with E-state index in [4.69, 9.17) is 5.73 Å². The van der Waals surface area contributed by atoms with E-state index in [-0.39, 0.29) is 24.1 Å². The third-order valence-electron chi connectivity index (χ3n) is 1.96. The van der Waals surface area contributed by atoms with Crippen LogP contribution in [0.15, 0.2) is 23.1 Å². The molecule has 0 saturated carbocycles. The molecule has 18 heavy (non-hydrogen) atoms. The minimum atomic E-state index is -0.904. The van der Waals surface area contributed by atoms with Gasteiger partial charge in [0.05, 0.1) is 5.75 Å². The van der Waals surface area contributed by atoms with E-state index in [1.54, 1.807) is 0 Å². The number of hydrogen-bond donors (Lipinski definition) is 2. The van der Waals surface area contributed by atoms with Gasteiger partial charge >= 0.3 is 0 Å². The third kappa shape index (κ3) is 6.18. The van der Waals surface area contributed by atoms with Crippen LogP contribution in [0.5, 0.6) is 0 Å². The molecule has 3 N–H and O–H groups in total. The van der Waals surface area contributed by atoms with Crippen molar-refractivity contribution in [3.8, 4) is 0 Å². The predicted octanol–water partition coefficient (Wildman–Crippen LogP) is 1.94. The fourth-order valence-corrected chi connectivity index (χ4v) is 1.85. The van der Waals surface area contributed by atoms with Crippen LogP contribution in [0.3, 0.4) is 0 Å². The van der Waals surface area contributed by atoms with E-state index < -0.39 is 11.6 Å². The first-order valence-corrected chi connectivity index (χ1v) is 6.16. The number of carbonyl (C=O) groups is 1. The van der Waals surface area contributed by atoms with Crippen molar-refractivity contribution in [1.29, 1.82) is 0 Å². The Morgan fingerprint density at radius 1 is 1.33 bits per heavy atom. The number of thioether (sulfide) groups is 1. The monoisotopic (exact) mass is 296 g/mol. The summed E-state index contributed by atoms with van der Waals surface area (Å²) in [7, 11) is 0. The van der Waals surface area contributed by atoms with Gasteiger partial charge in [-0.1, -0.05) is 0 Å². The second kappa shape index (κ2) is 9.13. The van der Waals surface area contributed by atoms with Crippen LogP contribution in [0.25, 0.3) is 0 Å². The number of nitrogens with two attached hydrogens (primary N) is 1. The molecule has 0 aliphatic rings. The van der Waals surface area contributed by atoms with Crippen molar-refractivity contribution in [1.82, 2.24) is 5.32 Å². The van der Waals surface area contributed by atoms with Crippen LogP contribution >= 0.6 is 24.2 Å². The summed E-state index contributed by atoms with van der Waals surface area (Å²) in [6, 6.07) is 3.56. The van der Waals surface area contributed by atoms with Crippen molar-refractivity contribution in [3.05, 3.63) is 29.8 Å². The lowest BCUT2D eigenvalue weighted by atomic mass is 10.3. The largest absolute Gasteiger partial charge is 0.355 e. The Labute approximate surface area is 115 Å². The molecule has 1 aromatic carbocycles. The van der Waals surface area contributed by atoms with E-state index in [0.717, 1.165) is 30.3 Å². The fourth-order valence-electron chi connectivity index (χ4n) is 1.10. The molecule has 0 spiro atoms. The molecule has 0 saturated heterocycles. The standard InChI is InChI=1S/C11H14F2N2OS.ClH/c12-9-3-2-8(6-10(9)13)17-7-11(16)15-5-1-4-14;/h2-3,6H,1,4-5,7,14H2,(H,15,16);1H. The van der Waals surface area contributed by atoms with Crippen molar-refractivity contribution < 1.29 is 13.6 Å². The van der Waals surface area contributed by atoms with Gasteiger partial charge in [0.1, 0.15) is 0 Å². The molecule has 0 aromatic heterocycles. The Balaban J connectivity index is 0.00000289. The molecule has 7 heteroatoms. The average molecular weight is 297 g/mol. The minimum absolute atomic E-state index is 0. The molecule has 0 aliphatic heterocycles. The van der Waals surface area contributed by atoms with E-state index in [9.17, 15) is 13.6 Å². The molecule has 0 bridgehead atoms. The zero-order valence-electron chi connectivity index (χ0n) is 9.62. The Morgan fingerprint density at radius 2 is 2.06 bits per heavy atom. The number of halogens is 3. The summed E-state index contributed by atoms with van der Waals surface area (Å²) in [6.07, 6.45) is 0.724. The van der Waals surface area contributed by atoms with Gasteiger partial charge in [-0.05, 0) is 31.2 Å². The number of amides is 1. The molecule has 0 radical (unpaired) electrons.